The van der Waals surface area contributed by atoms with Gasteiger partial charge in [-0.15, -0.1) is 0 Å². The summed E-state index contributed by atoms with van der Waals surface area (Å²) < 4.78 is 0. The minimum absolute atomic E-state index is 0.319. The number of aromatic amines is 1. The maximum absolute atomic E-state index is 10.2. The number of imidazole rings is 1. The minimum atomic E-state index is -1.22. The van der Waals surface area contributed by atoms with Crippen molar-refractivity contribution >= 4 is 5.97 Å². The molecule has 0 aliphatic rings. The van der Waals surface area contributed by atoms with E-state index in [9.17, 15) is 9.90 Å². The maximum Gasteiger partial charge on any atom is 0.372 e. The summed E-state index contributed by atoms with van der Waals surface area (Å²) in [7, 11) is 0. The molecule has 0 aliphatic carbocycles. The summed E-state index contributed by atoms with van der Waals surface area (Å²) >= 11 is 0. The van der Waals surface area contributed by atoms with Crippen LogP contribution >= 0.6 is 0 Å². The van der Waals surface area contributed by atoms with Gasteiger partial charge in [-0.3, -0.25) is 5.11 Å². The molecule has 0 aliphatic heterocycles. The fraction of sp³-hybridized carbons (Fsp3) is 0. The molecule has 1 rings (SSSR count). The SMILES string of the molecule is [O]c1c[nH]c(C(=O)O)n1. The predicted octanol–water partition coefficient (Wildman–Crippen LogP) is 0.252. The summed E-state index contributed by atoms with van der Waals surface area (Å²) in [6.45, 7) is 0. The van der Waals surface area contributed by atoms with Crippen molar-refractivity contribution in [3.63, 3.8) is 0 Å². The number of hydrogen-bond acceptors (Lipinski definition) is 2. The molecule has 0 bridgehead atoms. The number of nitrogens with zero attached hydrogens (tertiary/aromatic N) is 1. The summed E-state index contributed by atoms with van der Waals surface area (Å²) in [6, 6.07) is 0. The predicted molar refractivity (Wildman–Crippen MR) is 25.7 cm³/mol. The summed E-state index contributed by atoms with van der Waals surface area (Å²) in [4.78, 5) is 15.3. The quantitative estimate of drug-likeness (QED) is 0.566. The molecule has 47 valence electrons. The molecule has 9 heavy (non-hydrogen) atoms. The van der Waals surface area contributed by atoms with Crippen LogP contribution in [0.4, 0.5) is 0 Å². The number of carboxylic acid groups (broad SMARTS) is 1. The molecule has 1 aromatic rings. The van der Waals surface area contributed by atoms with E-state index in [-0.39, 0.29) is 5.82 Å². The zero-order valence-corrected chi connectivity index (χ0v) is 4.29. The highest BCUT2D eigenvalue weighted by Crippen LogP contribution is 2.02. The third-order valence-electron chi connectivity index (χ3n) is 0.757. The summed E-state index contributed by atoms with van der Waals surface area (Å²) in [5.74, 6) is -2.11. The average Bonchev–Trinajstić information content (AvgIpc) is 2.14. The second-order valence-corrected chi connectivity index (χ2v) is 1.39. The Hall–Kier alpha value is -1.52. The minimum Gasteiger partial charge on any atom is -0.475 e. The van der Waals surface area contributed by atoms with Crippen molar-refractivity contribution in [3.05, 3.63) is 12.0 Å². The Labute approximate surface area is 50.0 Å². The lowest BCUT2D eigenvalue weighted by Crippen LogP contribution is -1.97. The number of nitrogens with one attached hydrogen (secondary N) is 1. The first-order valence-corrected chi connectivity index (χ1v) is 2.16. The fourth-order valence-corrected chi connectivity index (χ4v) is 0.414. The maximum atomic E-state index is 10.2. The van der Waals surface area contributed by atoms with Crippen LogP contribution in [0.1, 0.15) is 10.6 Å². The number of aromatic nitrogens is 2. The molecule has 1 radical (unpaired) electrons. The molecule has 2 N–H and O–H groups in total. The molecule has 1 heterocycles. The standard InChI is InChI=1S/C4H3N2O3/c7-2-1-5-3(6-2)4(8)9/h1H,(H,5,6)(H,8,9). The molecular weight excluding hydrogens is 124 g/mol. The summed E-state index contributed by atoms with van der Waals surface area (Å²) in [5.41, 5.74) is 0. The highest BCUT2D eigenvalue weighted by molar-refractivity contribution is 5.83. The number of aromatic carboxylic acids is 1. The second kappa shape index (κ2) is 1.77. The van der Waals surface area contributed by atoms with Crippen molar-refractivity contribution in [1.82, 2.24) is 9.97 Å². The van der Waals surface area contributed by atoms with E-state index < -0.39 is 11.8 Å². The molecular formula is C4H3N2O3. The Kier molecular flexibility index (Phi) is 1.11. The van der Waals surface area contributed by atoms with Gasteiger partial charge in [0.2, 0.25) is 5.82 Å². The lowest BCUT2D eigenvalue weighted by molar-refractivity contribution is 0.0684. The van der Waals surface area contributed by atoms with Gasteiger partial charge in [-0.1, -0.05) is 0 Å². The van der Waals surface area contributed by atoms with Crippen LogP contribution in [0.2, 0.25) is 0 Å². The molecule has 0 spiro atoms. The van der Waals surface area contributed by atoms with Crippen molar-refractivity contribution < 1.29 is 15.0 Å². The lowest BCUT2D eigenvalue weighted by Gasteiger charge is -1.78. The molecule has 0 amide bonds. The van der Waals surface area contributed by atoms with Gasteiger partial charge in [0, 0.05) is 0 Å². The number of H-pyrrole nitrogens is 1. The Morgan fingerprint density at radius 2 is 2.44 bits per heavy atom. The smallest absolute Gasteiger partial charge is 0.372 e. The van der Waals surface area contributed by atoms with Crippen LogP contribution in [0.15, 0.2) is 6.20 Å². The molecule has 1 aromatic heterocycles. The molecule has 0 saturated carbocycles. The average molecular weight is 127 g/mol. The largest absolute Gasteiger partial charge is 0.475 e. The highest BCUT2D eigenvalue weighted by atomic mass is 16.4. The first-order valence-electron chi connectivity index (χ1n) is 2.16. The van der Waals surface area contributed by atoms with Crippen LogP contribution < -0.4 is 0 Å². The van der Waals surface area contributed by atoms with E-state index in [1.165, 1.54) is 0 Å². The Morgan fingerprint density at radius 3 is 2.67 bits per heavy atom. The van der Waals surface area contributed by atoms with Gasteiger partial charge in [0.25, 0.3) is 5.88 Å². The summed E-state index contributed by atoms with van der Waals surface area (Å²) in [5, 5.41) is 18.4. The van der Waals surface area contributed by atoms with Crippen LogP contribution in [-0.4, -0.2) is 21.0 Å². The van der Waals surface area contributed by atoms with E-state index in [0.29, 0.717) is 0 Å². The normalized spacial score (nSPS) is 9.33. The molecule has 0 aromatic carbocycles. The number of carboxylic acids is 1. The molecule has 0 saturated heterocycles. The third-order valence-corrected chi connectivity index (χ3v) is 0.757. The van der Waals surface area contributed by atoms with Gasteiger partial charge in [-0.25, -0.2) is 4.79 Å². The van der Waals surface area contributed by atoms with Crippen molar-refractivity contribution in [2.45, 2.75) is 0 Å². The van der Waals surface area contributed by atoms with Crippen LogP contribution in [0.25, 0.3) is 0 Å². The Balaban J connectivity index is 2.98. The van der Waals surface area contributed by atoms with Crippen molar-refractivity contribution in [2.24, 2.45) is 0 Å². The van der Waals surface area contributed by atoms with Gasteiger partial charge in [0.1, 0.15) is 0 Å². The van der Waals surface area contributed by atoms with Crippen LogP contribution in [0, 0.1) is 0 Å². The van der Waals surface area contributed by atoms with Crippen molar-refractivity contribution in [2.75, 3.05) is 0 Å². The first kappa shape index (κ1) is 5.61. The van der Waals surface area contributed by atoms with E-state index in [1.807, 2.05) is 0 Å². The second-order valence-electron chi connectivity index (χ2n) is 1.39. The first-order chi connectivity index (χ1) is 4.20. The molecule has 5 heteroatoms. The van der Waals surface area contributed by atoms with E-state index in [0.717, 1.165) is 6.20 Å². The van der Waals surface area contributed by atoms with E-state index in [2.05, 4.69) is 9.97 Å². The third kappa shape index (κ3) is 0.987. The van der Waals surface area contributed by atoms with Crippen molar-refractivity contribution in [3.8, 4) is 5.88 Å². The van der Waals surface area contributed by atoms with Gasteiger partial charge in [-0.05, 0) is 0 Å². The zero-order chi connectivity index (χ0) is 6.85. The van der Waals surface area contributed by atoms with E-state index in [4.69, 9.17) is 5.11 Å². The highest BCUT2D eigenvalue weighted by Gasteiger charge is 2.06. The van der Waals surface area contributed by atoms with Gasteiger partial charge in [-0.2, -0.15) is 4.98 Å². The van der Waals surface area contributed by atoms with E-state index >= 15 is 0 Å². The number of hydrogen-bond donors (Lipinski definition) is 2. The van der Waals surface area contributed by atoms with Crippen LogP contribution in [0.3, 0.4) is 0 Å². The van der Waals surface area contributed by atoms with Crippen molar-refractivity contribution in [1.29, 1.82) is 0 Å². The molecule has 0 atom stereocenters. The lowest BCUT2D eigenvalue weighted by atomic mass is 10.6. The van der Waals surface area contributed by atoms with Crippen LogP contribution in [-0.2, 0) is 5.11 Å². The van der Waals surface area contributed by atoms with E-state index in [1.54, 1.807) is 0 Å². The van der Waals surface area contributed by atoms with Gasteiger partial charge < -0.3 is 10.1 Å². The van der Waals surface area contributed by atoms with Crippen LogP contribution in [0.5, 0.6) is 5.88 Å². The molecule has 0 fully saturated rings. The Morgan fingerprint density at radius 1 is 1.78 bits per heavy atom. The molecule has 0 unspecified atom stereocenters. The van der Waals surface area contributed by atoms with Gasteiger partial charge in [0.05, 0.1) is 6.20 Å². The number of carbonyl (C=O) groups is 1. The Bertz CT molecular complexity index is 229. The fourth-order valence-electron chi connectivity index (χ4n) is 0.414. The van der Waals surface area contributed by atoms with Gasteiger partial charge >= 0.3 is 5.97 Å². The monoisotopic (exact) mass is 127 g/mol. The summed E-state index contributed by atoms with van der Waals surface area (Å²) in [6.07, 6.45) is 0.990. The number of rotatable bonds is 1. The van der Waals surface area contributed by atoms with Gasteiger partial charge in [0.15, 0.2) is 0 Å². The topological polar surface area (TPSA) is 85.9 Å². The molecule has 5 nitrogen and oxygen atoms in total. The zero-order valence-electron chi connectivity index (χ0n) is 4.29.